The summed E-state index contributed by atoms with van der Waals surface area (Å²) in [6.07, 6.45) is 1.66. The molecule has 2 rings (SSSR count). The van der Waals surface area contributed by atoms with Gasteiger partial charge >= 0.3 is 0 Å². The Hall–Kier alpha value is -1.35. The van der Waals surface area contributed by atoms with E-state index < -0.39 is 10.0 Å². The van der Waals surface area contributed by atoms with Crippen LogP contribution in [-0.2, 0) is 10.0 Å². The molecule has 22 heavy (non-hydrogen) atoms. The standard InChI is InChI=1S/C13H19N3O4S.ClH/c1-20-11-5-2-9(13(17)15-7-6-14)8-12(11)21(18,19)16-10-3-4-10;/h2,5,8,10,16H,3-4,6-7,14H2,1H3,(H,15,17);1H. The van der Waals surface area contributed by atoms with Crippen molar-refractivity contribution in [1.29, 1.82) is 0 Å². The summed E-state index contributed by atoms with van der Waals surface area (Å²) in [7, 11) is -2.31. The zero-order valence-corrected chi connectivity index (χ0v) is 13.8. The molecule has 0 spiro atoms. The average Bonchev–Trinajstić information content (AvgIpc) is 3.27. The topological polar surface area (TPSA) is 111 Å². The Kier molecular flexibility index (Phi) is 6.61. The van der Waals surface area contributed by atoms with Crippen LogP contribution in [0.5, 0.6) is 5.75 Å². The lowest BCUT2D eigenvalue weighted by Gasteiger charge is -2.12. The molecule has 0 saturated heterocycles. The maximum Gasteiger partial charge on any atom is 0.251 e. The van der Waals surface area contributed by atoms with Crippen LogP contribution in [0.3, 0.4) is 0 Å². The van der Waals surface area contributed by atoms with Crippen molar-refractivity contribution in [3.63, 3.8) is 0 Å². The third kappa shape index (κ3) is 4.57. The van der Waals surface area contributed by atoms with Crippen LogP contribution < -0.4 is 20.5 Å². The maximum atomic E-state index is 12.3. The largest absolute Gasteiger partial charge is 0.495 e. The molecule has 1 amide bonds. The highest BCUT2D eigenvalue weighted by Crippen LogP contribution is 2.28. The van der Waals surface area contributed by atoms with E-state index in [2.05, 4.69) is 10.0 Å². The first-order valence-corrected chi connectivity index (χ1v) is 8.15. The zero-order valence-electron chi connectivity index (χ0n) is 12.2. The molecule has 1 aromatic rings. The average molecular weight is 350 g/mol. The number of halogens is 1. The number of ether oxygens (including phenoxy) is 1. The summed E-state index contributed by atoms with van der Waals surface area (Å²) in [5.41, 5.74) is 5.57. The van der Waals surface area contributed by atoms with Crippen LogP contribution in [0.15, 0.2) is 23.1 Å². The first kappa shape index (κ1) is 18.7. The molecule has 0 radical (unpaired) electrons. The number of carbonyl (C=O) groups is 1. The molecule has 1 aromatic carbocycles. The summed E-state index contributed by atoms with van der Waals surface area (Å²) in [5, 5.41) is 2.60. The lowest BCUT2D eigenvalue weighted by molar-refractivity contribution is 0.0954. The maximum absolute atomic E-state index is 12.3. The van der Waals surface area contributed by atoms with Gasteiger partial charge in [0, 0.05) is 24.7 Å². The lowest BCUT2D eigenvalue weighted by atomic mass is 10.2. The van der Waals surface area contributed by atoms with E-state index >= 15 is 0 Å². The fourth-order valence-corrected chi connectivity index (χ4v) is 3.30. The molecule has 0 heterocycles. The molecule has 0 aromatic heterocycles. The number of amides is 1. The minimum absolute atomic E-state index is 0. The van der Waals surface area contributed by atoms with E-state index in [9.17, 15) is 13.2 Å². The molecule has 0 unspecified atom stereocenters. The molecule has 1 aliphatic carbocycles. The van der Waals surface area contributed by atoms with E-state index in [1.807, 2.05) is 0 Å². The van der Waals surface area contributed by atoms with Gasteiger partial charge in [0.05, 0.1) is 7.11 Å². The monoisotopic (exact) mass is 349 g/mol. The van der Waals surface area contributed by atoms with E-state index in [0.717, 1.165) is 12.8 Å². The molecule has 9 heteroatoms. The fraction of sp³-hybridized carbons (Fsp3) is 0.462. The summed E-state index contributed by atoms with van der Waals surface area (Å²) in [6, 6.07) is 4.28. The number of rotatable bonds is 7. The highest BCUT2D eigenvalue weighted by molar-refractivity contribution is 7.89. The number of carbonyl (C=O) groups excluding carboxylic acids is 1. The number of methoxy groups -OCH3 is 1. The van der Waals surface area contributed by atoms with Gasteiger partial charge in [-0.15, -0.1) is 12.4 Å². The Morgan fingerprint density at radius 1 is 1.41 bits per heavy atom. The van der Waals surface area contributed by atoms with Crippen LogP contribution >= 0.6 is 12.4 Å². The van der Waals surface area contributed by atoms with E-state index in [0.29, 0.717) is 13.1 Å². The van der Waals surface area contributed by atoms with Gasteiger partial charge in [-0.3, -0.25) is 4.79 Å². The summed E-state index contributed by atoms with van der Waals surface area (Å²) in [4.78, 5) is 11.9. The van der Waals surface area contributed by atoms with Crippen LogP contribution in [0.25, 0.3) is 0 Å². The Bertz CT molecular complexity index is 632. The molecular formula is C13H20ClN3O4S. The predicted molar refractivity (Wildman–Crippen MR) is 85.0 cm³/mol. The van der Waals surface area contributed by atoms with Crippen LogP contribution in [-0.4, -0.2) is 40.6 Å². The number of benzene rings is 1. The summed E-state index contributed by atoms with van der Waals surface area (Å²) in [5.74, 6) is -0.163. The second-order valence-corrected chi connectivity index (χ2v) is 6.49. The highest BCUT2D eigenvalue weighted by Gasteiger charge is 2.30. The van der Waals surface area contributed by atoms with Crippen molar-refractivity contribution in [1.82, 2.24) is 10.0 Å². The molecular weight excluding hydrogens is 330 g/mol. The molecule has 0 aliphatic heterocycles. The van der Waals surface area contributed by atoms with Crippen molar-refractivity contribution >= 4 is 28.3 Å². The van der Waals surface area contributed by atoms with Crippen molar-refractivity contribution < 1.29 is 17.9 Å². The number of nitrogens with one attached hydrogen (secondary N) is 2. The molecule has 0 atom stereocenters. The normalized spacial score (nSPS) is 14.1. The van der Waals surface area contributed by atoms with Crippen LogP contribution in [0.4, 0.5) is 0 Å². The van der Waals surface area contributed by atoms with E-state index in [4.69, 9.17) is 10.5 Å². The van der Waals surface area contributed by atoms with Gasteiger partial charge in [0.2, 0.25) is 10.0 Å². The predicted octanol–water partition coefficient (Wildman–Crippen LogP) is 0.246. The molecule has 1 aliphatic rings. The molecule has 7 nitrogen and oxygen atoms in total. The van der Waals surface area contributed by atoms with Gasteiger partial charge in [0.15, 0.2) is 0 Å². The minimum Gasteiger partial charge on any atom is -0.495 e. The first-order chi connectivity index (χ1) is 9.97. The van der Waals surface area contributed by atoms with Crippen LogP contribution in [0.1, 0.15) is 23.2 Å². The number of nitrogens with two attached hydrogens (primary N) is 1. The van der Waals surface area contributed by atoms with Crippen LogP contribution in [0, 0.1) is 0 Å². The van der Waals surface area contributed by atoms with Gasteiger partial charge in [-0.1, -0.05) is 0 Å². The van der Waals surface area contributed by atoms with E-state index in [1.165, 1.54) is 25.3 Å². The molecule has 0 bridgehead atoms. The zero-order chi connectivity index (χ0) is 15.5. The first-order valence-electron chi connectivity index (χ1n) is 6.66. The smallest absolute Gasteiger partial charge is 0.251 e. The molecule has 4 N–H and O–H groups in total. The number of hydrogen-bond acceptors (Lipinski definition) is 5. The third-order valence-electron chi connectivity index (χ3n) is 3.04. The van der Waals surface area contributed by atoms with Gasteiger partial charge in [-0.2, -0.15) is 0 Å². The lowest BCUT2D eigenvalue weighted by Crippen LogP contribution is -2.30. The summed E-state index contributed by atoms with van der Waals surface area (Å²) in [6.45, 7) is 0.642. The molecule has 124 valence electrons. The van der Waals surface area contributed by atoms with Crippen molar-refractivity contribution in [3.05, 3.63) is 23.8 Å². The van der Waals surface area contributed by atoms with Crippen LogP contribution in [0.2, 0.25) is 0 Å². The summed E-state index contributed by atoms with van der Waals surface area (Å²) >= 11 is 0. The minimum atomic E-state index is -3.70. The quantitative estimate of drug-likeness (QED) is 0.653. The van der Waals surface area contributed by atoms with Gasteiger partial charge < -0.3 is 15.8 Å². The van der Waals surface area contributed by atoms with E-state index in [1.54, 1.807) is 0 Å². The summed E-state index contributed by atoms with van der Waals surface area (Å²) < 4.78 is 32.3. The van der Waals surface area contributed by atoms with Gasteiger partial charge in [0.1, 0.15) is 10.6 Å². The van der Waals surface area contributed by atoms with E-state index in [-0.39, 0.29) is 40.6 Å². The Labute approximate surface area is 136 Å². The Balaban J connectivity index is 0.00000242. The van der Waals surface area contributed by atoms with Crippen molar-refractivity contribution in [3.8, 4) is 5.75 Å². The fourth-order valence-electron chi connectivity index (χ4n) is 1.80. The Morgan fingerprint density at radius 3 is 2.64 bits per heavy atom. The second-order valence-electron chi connectivity index (χ2n) is 4.81. The van der Waals surface area contributed by atoms with Crippen molar-refractivity contribution in [2.75, 3.05) is 20.2 Å². The third-order valence-corrected chi connectivity index (χ3v) is 4.59. The van der Waals surface area contributed by atoms with Crippen molar-refractivity contribution in [2.24, 2.45) is 5.73 Å². The van der Waals surface area contributed by atoms with Crippen molar-refractivity contribution in [2.45, 2.75) is 23.8 Å². The van der Waals surface area contributed by atoms with Gasteiger partial charge in [-0.25, -0.2) is 13.1 Å². The van der Waals surface area contributed by atoms with Gasteiger partial charge in [0.25, 0.3) is 5.91 Å². The molecule has 1 saturated carbocycles. The highest BCUT2D eigenvalue weighted by atomic mass is 35.5. The SMILES string of the molecule is COc1ccc(C(=O)NCCN)cc1S(=O)(=O)NC1CC1.Cl. The number of hydrogen-bond donors (Lipinski definition) is 3. The van der Waals surface area contributed by atoms with Gasteiger partial charge in [-0.05, 0) is 31.0 Å². The second kappa shape index (κ2) is 7.77. The molecule has 1 fully saturated rings. The number of sulfonamides is 1. The Morgan fingerprint density at radius 2 is 2.09 bits per heavy atom.